The number of aromatic nitrogens is 1. The molecule has 0 bridgehead atoms. The number of hydrogen-bond donors (Lipinski definition) is 2. The molecule has 1 amide bonds. The fourth-order valence-corrected chi connectivity index (χ4v) is 7.15. The second-order valence-electron chi connectivity index (χ2n) is 16.8. The minimum atomic E-state index is -3.79. The highest BCUT2D eigenvalue weighted by molar-refractivity contribution is 6.44. The van der Waals surface area contributed by atoms with E-state index in [1.807, 2.05) is 103 Å². The van der Waals surface area contributed by atoms with Crippen molar-refractivity contribution in [3.63, 3.8) is 0 Å². The third kappa shape index (κ3) is 7.51. The predicted molar refractivity (Wildman–Crippen MR) is 223 cm³/mol. The average molecular weight is 760 g/mol. The molecule has 4 aromatic carbocycles. The van der Waals surface area contributed by atoms with Crippen LogP contribution >= 0.6 is 0 Å². The molecule has 286 valence electrons. The van der Waals surface area contributed by atoms with Gasteiger partial charge in [-0.2, -0.15) is 0 Å². The molecule has 2 heterocycles. The first kappa shape index (κ1) is 39.7. The van der Waals surface area contributed by atoms with Crippen LogP contribution < -0.4 is 14.8 Å². The van der Waals surface area contributed by atoms with Crippen LogP contribution in [0.15, 0.2) is 97.1 Å². The normalized spacial score (nSPS) is 17.0. The Bertz CT molecular complexity index is 2270. The highest BCUT2D eigenvalue weighted by Gasteiger charge is 2.53. The van der Waals surface area contributed by atoms with Crippen LogP contribution in [0.4, 0.5) is 18.9 Å². The molecule has 1 aliphatic heterocycles. The summed E-state index contributed by atoms with van der Waals surface area (Å²) >= 11 is 0. The molecule has 1 aromatic heterocycles. The van der Waals surface area contributed by atoms with Crippen molar-refractivity contribution in [3.05, 3.63) is 125 Å². The van der Waals surface area contributed by atoms with Crippen LogP contribution in [0.1, 0.15) is 49.1 Å². The Kier molecular flexibility index (Phi) is 10.0. The molecule has 2 N–H and O–H groups in total. The van der Waals surface area contributed by atoms with E-state index in [1.54, 1.807) is 20.0 Å². The van der Waals surface area contributed by atoms with Gasteiger partial charge in [0.2, 0.25) is 5.91 Å². The lowest BCUT2D eigenvalue weighted by molar-refractivity contribution is -0.286. The molecule has 16 heteroatoms. The van der Waals surface area contributed by atoms with Crippen molar-refractivity contribution in [1.82, 2.24) is 4.57 Å². The molecule has 1 unspecified atom stereocenters. The van der Waals surface area contributed by atoms with E-state index in [4.69, 9.17) is 9.47 Å². The van der Waals surface area contributed by atoms with E-state index in [9.17, 15) is 18.7 Å². The minimum absolute atomic E-state index is 0.0274. The van der Waals surface area contributed by atoms with E-state index >= 15 is 4.39 Å². The molecule has 8 nitrogen and oxygen atoms in total. The Morgan fingerprint density at radius 2 is 1.39 bits per heavy atom. The maximum absolute atomic E-state index is 16.3. The number of benzene rings is 4. The quantitative estimate of drug-likeness (QED) is 0.170. The Morgan fingerprint density at radius 3 is 1.98 bits per heavy atom. The number of nitrogens with one attached hydrogen (secondary N) is 1. The maximum Gasteiger partial charge on any atom is 0.586 e. The molecule has 0 radical (unpaired) electrons. The van der Waals surface area contributed by atoms with Gasteiger partial charge in [0.1, 0.15) is 45.0 Å². The van der Waals surface area contributed by atoms with Crippen molar-refractivity contribution in [2.75, 3.05) is 5.32 Å². The molecular formula is C40H44B5F3N2O6. The lowest BCUT2D eigenvalue weighted by Crippen LogP contribution is -2.60. The number of carbonyl (C=O) groups excluding carboxylic acids is 1. The zero-order valence-electron chi connectivity index (χ0n) is 32.8. The second kappa shape index (κ2) is 14.1. The zero-order valence-corrected chi connectivity index (χ0v) is 32.8. The lowest BCUT2D eigenvalue weighted by atomic mass is 9.48. The van der Waals surface area contributed by atoms with Gasteiger partial charge in [-0.05, 0) is 53.8 Å². The number of nitrogens with zero attached hydrogens (tertiary/aromatic N) is 1. The van der Waals surface area contributed by atoms with Crippen LogP contribution in [0, 0.1) is 5.82 Å². The van der Waals surface area contributed by atoms with Gasteiger partial charge >= 0.3 is 6.29 Å². The summed E-state index contributed by atoms with van der Waals surface area (Å²) in [5.74, 6) is -1.41. The molecule has 5 aromatic rings. The number of hydrogen-bond acceptors (Lipinski definition) is 6. The zero-order chi connectivity index (χ0) is 40.3. The Morgan fingerprint density at radius 1 is 0.821 bits per heavy atom. The number of aliphatic hydroxyl groups is 1. The molecule has 56 heavy (non-hydrogen) atoms. The smallest absolute Gasteiger partial charge is 0.396 e. The van der Waals surface area contributed by atoms with Crippen molar-refractivity contribution in [2.45, 2.75) is 79.9 Å². The number of fused-ring (bicyclic) bond motifs is 2. The topological polar surface area (TPSA) is 91.2 Å². The third-order valence-corrected chi connectivity index (χ3v) is 12.2. The molecule has 0 spiro atoms. The average Bonchev–Trinajstić information content (AvgIpc) is 3.80. The van der Waals surface area contributed by atoms with Crippen molar-refractivity contribution in [3.8, 4) is 11.5 Å². The van der Waals surface area contributed by atoms with E-state index in [1.165, 1.54) is 18.2 Å². The minimum Gasteiger partial charge on any atom is -0.396 e. The van der Waals surface area contributed by atoms with Gasteiger partial charge in [0.25, 0.3) is 0 Å². The summed E-state index contributed by atoms with van der Waals surface area (Å²) in [5, 5.41) is 13.9. The van der Waals surface area contributed by atoms with Gasteiger partial charge < -0.3 is 33.9 Å². The van der Waals surface area contributed by atoms with E-state index < -0.39 is 45.1 Å². The summed E-state index contributed by atoms with van der Waals surface area (Å²) in [6.45, 7) is 4.82. The molecule has 1 saturated carbocycles. The Balaban J connectivity index is 1.23. The van der Waals surface area contributed by atoms with Gasteiger partial charge in [-0.1, -0.05) is 80.6 Å². The van der Waals surface area contributed by atoms with E-state index in [2.05, 4.69) is 28.6 Å². The standard InChI is InChI=1S/C40H44B5F3N2O6/c1-35(2,38(42,43)53-21-24-9-5-3-6-10-24)33-18-26-17-29(49-34(51)36(15-16-36)27-13-14-31-32(19-27)56-40(47,48)55-31)28(46)20-30(26)50(33)23-37(41,52)39(44,45)54-22-25-11-7-4-8-12-25/h3-14,17-20,52H,15-16,21-23,41-45H2,1-2H3,(H,49,51). The second-order valence-corrected chi connectivity index (χ2v) is 16.8. The highest BCUT2D eigenvalue weighted by Crippen LogP contribution is 2.52. The van der Waals surface area contributed by atoms with Gasteiger partial charge in [-0.25, -0.2) is 4.39 Å². The van der Waals surface area contributed by atoms with Crippen LogP contribution in [0.2, 0.25) is 0 Å². The van der Waals surface area contributed by atoms with Crippen LogP contribution in [0.3, 0.4) is 0 Å². The van der Waals surface area contributed by atoms with Gasteiger partial charge in [-0.3, -0.25) is 4.79 Å². The number of rotatable bonds is 14. The van der Waals surface area contributed by atoms with Gasteiger partial charge in [0, 0.05) is 39.9 Å². The number of carbonyl (C=O) groups is 1. The number of anilines is 1. The first-order valence-corrected chi connectivity index (χ1v) is 18.9. The van der Waals surface area contributed by atoms with Gasteiger partial charge in [0.05, 0.1) is 35.3 Å². The molecule has 2 aliphatic rings. The fourth-order valence-electron chi connectivity index (χ4n) is 7.15. The number of alkyl halides is 2. The number of amides is 1. The third-order valence-electron chi connectivity index (χ3n) is 12.2. The molecule has 1 atom stereocenters. The first-order valence-electron chi connectivity index (χ1n) is 18.9. The van der Waals surface area contributed by atoms with Crippen molar-refractivity contribution < 1.29 is 42.0 Å². The summed E-state index contributed by atoms with van der Waals surface area (Å²) in [4.78, 5) is 13.9. The Labute approximate surface area is 329 Å². The lowest BCUT2D eigenvalue weighted by Gasteiger charge is -2.45. The largest absolute Gasteiger partial charge is 0.586 e. The predicted octanol–water partition coefficient (Wildman–Crippen LogP) is 2.65. The molecular weight excluding hydrogens is 716 g/mol. The van der Waals surface area contributed by atoms with Gasteiger partial charge in [0.15, 0.2) is 11.5 Å². The molecule has 7 rings (SSSR count). The van der Waals surface area contributed by atoms with E-state index in [0.717, 1.165) is 16.8 Å². The van der Waals surface area contributed by atoms with E-state index in [-0.39, 0.29) is 30.3 Å². The van der Waals surface area contributed by atoms with Crippen LogP contribution in [0.25, 0.3) is 10.9 Å². The van der Waals surface area contributed by atoms with Crippen molar-refractivity contribution >= 4 is 61.7 Å². The SMILES string of the molecule is BC(O)(Cn1c(C(C)(C)C(B)(B)OCc2ccccc2)cc2cc(NC(=O)C3(c4ccc5c(c4)OC(F)(F)O5)CC3)c(F)cc21)C(B)(B)OCc1ccccc1. The number of halogens is 3. The highest BCUT2D eigenvalue weighted by atomic mass is 19.3. The van der Waals surface area contributed by atoms with Crippen LogP contribution in [0.5, 0.6) is 11.5 Å². The monoisotopic (exact) mass is 760 g/mol. The van der Waals surface area contributed by atoms with Crippen LogP contribution in [-0.2, 0) is 44.9 Å². The summed E-state index contributed by atoms with van der Waals surface area (Å²) in [6.07, 6.45) is -2.89. The fraction of sp³-hybridized carbons (Fsp3) is 0.325. The summed E-state index contributed by atoms with van der Waals surface area (Å²) < 4.78 is 67.8. The number of ether oxygens (including phenoxy) is 4. The van der Waals surface area contributed by atoms with Crippen molar-refractivity contribution in [2.24, 2.45) is 0 Å². The Hall–Kier alpha value is -4.52. The summed E-state index contributed by atoms with van der Waals surface area (Å²) in [7, 11) is 9.43. The first-order chi connectivity index (χ1) is 26.2. The van der Waals surface area contributed by atoms with Gasteiger partial charge in [-0.15, -0.1) is 8.78 Å². The van der Waals surface area contributed by atoms with Crippen molar-refractivity contribution in [1.29, 1.82) is 0 Å². The van der Waals surface area contributed by atoms with Crippen LogP contribution in [-0.4, -0.2) is 77.4 Å². The molecule has 1 fully saturated rings. The summed E-state index contributed by atoms with van der Waals surface area (Å²) in [5.41, 5.74) is 0.524. The van der Waals surface area contributed by atoms with E-state index in [0.29, 0.717) is 35.9 Å². The molecule has 0 saturated heterocycles. The maximum atomic E-state index is 16.3. The molecule has 1 aliphatic carbocycles. The summed E-state index contributed by atoms with van der Waals surface area (Å²) in [6, 6.07) is 28.8.